The van der Waals surface area contributed by atoms with Gasteiger partial charge in [-0.2, -0.15) is 0 Å². The number of carboxylic acids is 1. The summed E-state index contributed by atoms with van der Waals surface area (Å²) in [6.07, 6.45) is 1.23. The molecule has 1 fully saturated rings. The van der Waals surface area contributed by atoms with Gasteiger partial charge in [0.15, 0.2) is 5.69 Å². The molecule has 0 aliphatic carbocycles. The van der Waals surface area contributed by atoms with Crippen molar-refractivity contribution in [1.29, 1.82) is 0 Å². The second-order valence-corrected chi connectivity index (χ2v) is 5.87. The molecule has 138 valence electrons. The lowest BCUT2D eigenvalue weighted by atomic mass is 10.1. The minimum Gasteiger partial charge on any atom is -0.476 e. The Labute approximate surface area is 152 Å². The van der Waals surface area contributed by atoms with Crippen LogP contribution in [0.2, 0.25) is 0 Å². The molecule has 1 aliphatic heterocycles. The lowest BCUT2D eigenvalue weighted by molar-refractivity contribution is -0.150. The van der Waals surface area contributed by atoms with E-state index in [1.165, 1.54) is 42.6 Å². The Morgan fingerprint density at radius 3 is 2.30 bits per heavy atom. The predicted molar refractivity (Wildman–Crippen MR) is 89.1 cm³/mol. The Hall–Kier alpha value is -3.62. The average molecular weight is 371 g/mol. The van der Waals surface area contributed by atoms with Crippen LogP contribution in [0.1, 0.15) is 26.4 Å². The summed E-state index contributed by atoms with van der Waals surface area (Å²) < 4.78 is 13.0. The number of aromatic carboxylic acids is 1. The van der Waals surface area contributed by atoms with Crippen molar-refractivity contribution in [2.75, 3.05) is 13.1 Å². The van der Waals surface area contributed by atoms with Crippen LogP contribution in [0.25, 0.3) is 0 Å². The molecule has 3 rings (SSSR count). The monoisotopic (exact) mass is 371 g/mol. The summed E-state index contributed by atoms with van der Waals surface area (Å²) in [5.74, 6) is -3.79. The number of halogens is 1. The van der Waals surface area contributed by atoms with E-state index >= 15 is 0 Å². The standard InChI is InChI=1S/C18H14FN3O5/c19-12-5-3-11(4-6-12)8-22-14(23)9-21(10-15(22)24)17(25)13-2-1-7-20-16(13)18(26)27/h1-7H,8-10H2,(H,26,27). The molecule has 0 atom stereocenters. The first-order valence-corrected chi connectivity index (χ1v) is 7.92. The molecule has 9 heteroatoms. The van der Waals surface area contributed by atoms with Gasteiger partial charge in [-0.05, 0) is 29.8 Å². The highest BCUT2D eigenvalue weighted by atomic mass is 19.1. The number of hydrogen-bond donors (Lipinski definition) is 1. The molecule has 0 spiro atoms. The van der Waals surface area contributed by atoms with Crippen LogP contribution in [0, 0.1) is 5.82 Å². The minimum absolute atomic E-state index is 0.0345. The number of amides is 3. The zero-order chi connectivity index (χ0) is 19.6. The first kappa shape index (κ1) is 18.2. The molecule has 1 N–H and O–H groups in total. The summed E-state index contributed by atoms with van der Waals surface area (Å²) in [4.78, 5) is 54.1. The third-order valence-electron chi connectivity index (χ3n) is 4.04. The summed E-state index contributed by atoms with van der Waals surface area (Å²) in [5, 5.41) is 9.14. The normalized spacial score (nSPS) is 14.4. The second-order valence-electron chi connectivity index (χ2n) is 5.87. The van der Waals surface area contributed by atoms with E-state index in [1.807, 2.05) is 0 Å². The number of carbonyl (C=O) groups is 4. The maximum Gasteiger partial charge on any atom is 0.355 e. The molecule has 1 aromatic carbocycles. The van der Waals surface area contributed by atoms with Crippen LogP contribution in [0.15, 0.2) is 42.6 Å². The van der Waals surface area contributed by atoms with Crippen molar-refractivity contribution in [3.8, 4) is 0 Å². The van der Waals surface area contributed by atoms with E-state index in [1.54, 1.807) is 0 Å². The zero-order valence-corrected chi connectivity index (χ0v) is 14.0. The van der Waals surface area contributed by atoms with Crippen molar-refractivity contribution >= 4 is 23.7 Å². The van der Waals surface area contributed by atoms with E-state index in [-0.39, 0.29) is 25.2 Å². The Morgan fingerprint density at radius 2 is 1.70 bits per heavy atom. The van der Waals surface area contributed by atoms with Crippen LogP contribution in [0.4, 0.5) is 4.39 Å². The molecule has 2 aromatic rings. The van der Waals surface area contributed by atoms with Gasteiger partial charge in [0, 0.05) is 6.20 Å². The molecule has 0 bridgehead atoms. The SMILES string of the molecule is O=C(O)c1ncccc1C(=O)N1CC(=O)N(Cc2ccc(F)cc2)C(=O)C1. The van der Waals surface area contributed by atoms with Crippen molar-refractivity contribution < 1.29 is 28.7 Å². The van der Waals surface area contributed by atoms with Crippen molar-refractivity contribution in [2.24, 2.45) is 0 Å². The maximum atomic E-state index is 13.0. The fraction of sp³-hybridized carbons (Fsp3) is 0.167. The molecular weight excluding hydrogens is 357 g/mol. The first-order valence-electron chi connectivity index (χ1n) is 7.92. The van der Waals surface area contributed by atoms with E-state index in [9.17, 15) is 23.6 Å². The molecular formula is C18H14FN3O5. The molecule has 8 nitrogen and oxygen atoms in total. The summed E-state index contributed by atoms with van der Waals surface area (Å²) in [5.41, 5.74) is -0.0768. The van der Waals surface area contributed by atoms with Gasteiger partial charge in [0.25, 0.3) is 5.91 Å². The lowest BCUT2D eigenvalue weighted by Gasteiger charge is -2.32. The molecule has 1 saturated heterocycles. The van der Waals surface area contributed by atoms with Gasteiger partial charge in [-0.15, -0.1) is 0 Å². The lowest BCUT2D eigenvalue weighted by Crippen LogP contribution is -2.55. The molecule has 2 heterocycles. The van der Waals surface area contributed by atoms with Gasteiger partial charge in [-0.3, -0.25) is 19.3 Å². The highest BCUT2D eigenvalue weighted by Crippen LogP contribution is 2.15. The van der Waals surface area contributed by atoms with Crippen molar-refractivity contribution in [1.82, 2.24) is 14.8 Å². The van der Waals surface area contributed by atoms with Crippen molar-refractivity contribution in [2.45, 2.75) is 6.54 Å². The van der Waals surface area contributed by atoms with Crippen molar-refractivity contribution in [3.05, 3.63) is 65.2 Å². The van der Waals surface area contributed by atoms with Gasteiger partial charge in [0.05, 0.1) is 12.1 Å². The van der Waals surface area contributed by atoms with Crippen LogP contribution in [-0.4, -0.2) is 56.7 Å². The Morgan fingerprint density at radius 1 is 1.07 bits per heavy atom. The highest BCUT2D eigenvalue weighted by Gasteiger charge is 2.35. The number of benzene rings is 1. The zero-order valence-electron chi connectivity index (χ0n) is 14.0. The fourth-order valence-electron chi connectivity index (χ4n) is 2.70. The summed E-state index contributed by atoms with van der Waals surface area (Å²) >= 11 is 0. The molecule has 0 unspecified atom stereocenters. The number of pyridine rings is 1. The van der Waals surface area contributed by atoms with E-state index in [4.69, 9.17) is 5.11 Å². The van der Waals surface area contributed by atoms with Gasteiger partial charge in [-0.1, -0.05) is 12.1 Å². The van der Waals surface area contributed by atoms with E-state index in [0.29, 0.717) is 5.56 Å². The number of carbonyl (C=O) groups excluding carboxylic acids is 3. The number of carboxylic acid groups (broad SMARTS) is 1. The number of nitrogens with zero attached hydrogens (tertiary/aromatic N) is 3. The van der Waals surface area contributed by atoms with Crippen LogP contribution in [0.3, 0.4) is 0 Å². The fourth-order valence-corrected chi connectivity index (χ4v) is 2.70. The van der Waals surface area contributed by atoms with E-state index in [0.717, 1.165) is 9.80 Å². The van der Waals surface area contributed by atoms with Gasteiger partial charge in [0.1, 0.15) is 18.9 Å². The molecule has 27 heavy (non-hydrogen) atoms. The number of rotatable bonds is 4. The van der Waals surface area contributed by atoms with Gasteiger partial charge in [-0.25, -0.2) is 14.2 Å². The Balaban J connectivity index is 1.76. The highest BCUT2D eigenvalue weighted by molar-refractivity contribution is 6.08. The second kappa shape index (κ2) is 7.32. The smallest absolute Gasteiger partial charge is 0.355 e. The van der Waals surface area contributed by atoms with Crippen LogP contribution in [0.5, 0.6) is 0 Å². The number of piperazine rings is 1. The maximum absolute atomic E-state index is 13.0. The van der Waals surface area contributed by atoms with Gasteiger partial charge < -0.3 is 10.0 Å². The van der Waals surface area contributed by atoms with Gasteiger partial charge >= 0.3 is 5.97 Å². The summed E-state index contributed by atoms with van der Waals surface area (Å²) in [6, 6.07) is 8.04. The summed E-state index contributed by atoms with van der Waals surface area (Å²) in [6.45, 7) is -0.785. The minimum atomic E-state index is -1.38. The topological polar surface area (TPSA) is 108 Å². The molecule has 1 aromatic heterocycles. The number of imide groups is 1. The van der Waals surface area contributed by atoms with E-state index < -0.39 is 35.2 Å². The molecule has 0 saturated carbocycles. The quantitative estimate of drug-likeness (QED) is 0.801. The number of aromatic nitrogens is 1. The van der Waals surface area contributed by atoms with Crippen molar-refractivity contribution in [3.63, 3.8) is 0 Å². The third kappa shape index (κ3) is 3.81. The van der Waals surface area contributed by atoms with Gasteiger partial charge in [0.2, 0.25) is 11.8 Å². The number of hydrogen-bond acceptors (Lipinski definition) is 5. The predicted octanol–water partition coefficient (Wildman–Crippen LogP) is 0.930. The third-order valence-corrected chi connectivity index (χ3v) is 4.04. The Bertz CT molecular complexity index is 911. The summed E-state index contributed by atoms with van der Waals surface area (Å²) in [7, 11) is 0. The molecule has 0 radical (unpaired) electrons. The van der Waals surface area contributed by atoms with Crippen LogP contribution >= 0.6 is 0 Å². The largest absolute Gasteiger partial charge is 0.476 e. The molecule has 1 aliphatic rings. The van der Waals surface area contributed by atoms with E-state index in [2.05, 4.69) is 4.98 Å². The van der Waals surface area contributed by atoms with Crippen LogP contribution in [-0.2, 0) is 16.1 Å². The Kier molecular flexibility index (Phi) is 4.93. The molecule has 3 amide bonds. The van der Waals surface area contributed by atoms with Crippen LogP contribution < -0.4 is 0 Å². The first-order chi connectivity index (χ1) is 12.9. The average Bonchev–Trinajstić information content (AvgIpc) is 2.65.